The third kappa shape index (κ3) is 5.91. The van der Waals surface area contributed by atoms with Gasteiger partial charge >= 0.3 is 0 Å². The molecule has 0 unspecified atom stereocenters. The van der Waals surface area contributed by atoms with Crippen LogP contribution in [0.4, 0.5) is 5.69 Å². The molecular formula is C22H30N2O3. The monoisotopic (exact) mass is 370 g/mol. The summed E-state index contributed by atoms with van der Waals surface area (Å²) >= 11 is 0. The van der Waals surface area contributed by atoms with Crippen molar-refractivity contribution < 1.29 is 14.3 Å². The van der Waals surface area contributed by atoms with Crippen molar-refractivity contribution in [3.63, 3.8) is 0 Å². The lowest BCUT2D eigenvalue weighted by Crippen LogP contribution is -2.37. The van der Waals surface area contributed by atoms with Crippen molar-refractivity contribution >= 4 is 11.6 Å². The van der Waals surface area contributed by atoms with Gasteiger partial charge in [0.1, 0.15) is 11.5 Å². The van der Waals surface area contributed by atoms with Crippen LogP contribution in [0.25, 0.3) is 0 Å². The van der Waals surface area contributed by atoms with Crippen LogP contribution in [-0.2, 0) is 11.3 Å². The zero-order valence-electron chi connectivity index (χ0n) is 16.7. The van der Waals surface area contributed by atoms with Gasteiger partial charge in [-0.2, -0.15) is 0 Å². The summed E-state index contributed by atoms with van der Waals surface area (Å²) in [6, 6.07) is 15.5. The number of ether oxygens (including phenoxy) is 2. The van der Waals surface area contributed by atoms with E-state index in [-0.39, 0.29) is 5.91 Å². The average molecular weight is 370 g/mol. The van der Waals surface area contributed by atoms with Gasteiger partial charge in [-0.3, -0.25) is 4.79 Å². The molecule has 0 bridgehead atoms. The summed E-state index contributed by atoms with van der Waals surface area (Å²) in [5, 5.41) is 2.97. The van der Waals surface area contributed by atoms with Crippen LogP contribution >= 0.6 is 0 Å². The van der Waals surface area contributed by atoms with E-state index >= 15 is 0 Å². The Morgan fingerprint density at radius 1 is 0.963 bits per heavy atom. The summed E-state index contributed by atoms with van der Waals surface area (Å²) in [5.41, 5.74) is 2.27. The second-order valence-electron chi connectivity index (χ2n) is 6.25. The molecule has 27 heavy (non-hydrogen) atoms. The Kier molecular flexibility index (Phi) is 7.99. The smallest absolute Gasteiger partial charge is 0.261 e. The standard InChI is InChI=1S/C22H30N2O3/c1-5-21(27-20-14-12-19(26-4)13-15-20)22(25)23-16-17-8-10-18(11-9-17)24(6-2)7-3/h8-15,21H,5-7,16H2,1-4H3,(H,23,25)/t21-/m1/s1. The first-order valence-corrected chi connectivity index (χ1v) is 9.53. The summed E-state index contributed by atoms with van der Waals surface area (Å²) in [5.74, 6) is 1.30. The quantitative estimate of drug-likeness (QED) is 0.686. The Labute approximate surface area is 162 Å². The first kappa shape index (κ1) is 20.6. The number of amides is 1. The molecular weight excluding hydrogens is 340 g/mol. The highest BCUT2D eigenvalue weighted by atomic mass is 16.5. The molecule has 0 aliphatic rings. The molecule has 1 N–H and O–H groups in total. The van der Waals surface area contributed by atoms with E-state index in [4.69, 9.17) is 9.47 Å². The second kappa shape index (κ2) is 10.5. The fourth-order valence-corrected chi connectivity index (χ4v) is 2.86. The van der Waals surface area contributed by atoms with Crippen molar-refractivity contribution in [1.82, 2.24) is 5.32 Å². The zero-order valence-corrected chi connectivity index (χ0v) is 16.7. The molecule has 0 heterocycles. The molecule has 0 aromatic heterocycles. The van der Waals surface area contributed by atoms with E-state index < -0.39 is 6.10 Å². The molecule has 2 rings (SSSR count). The molecule has 5 heteroatoms. The average Bonchev–Trinajstić information content (AvgIpc) is 2.72. The van der Waals surface area contributed by atoms with Gasteiger partial charge in [0, 0.05) is 25.3 Å². The molecule has 0 fully saturated rings. The fourth-order valence-electron chi connectivity index (χ4n) is 2.86. The van der Waals surface area contributed by atoms with Gasteiger partial charge in [0.2, 0.25) is 0 Å². The van der Waals surface area contributed by atoms with E-state index in [1.807, 2.05) is 19.1 Å². The summed E-state index contributed by atoms with van der Waals surface area (Å²) in [7, 11) is 1.62. The Bertz CT molecular complexity index is 695. The van der Waals surface area contributed by atoms with Crippen molar-refractivity contribution in [2.45, 2.75) is 39.8 Å². The zero-order chi connectivity index (χ0) is 19.6. The predicted molar refractivity (Wildman–Crippen MR) is 110 cm³/mol. The van der Waals surface area contributed by atoms with E-state index in [2.05, 4.69) is 48.3 Å². The minimum Gasteiger partial charge on any atom is -0.497 e. The molecule has 5 nitrogen and oxygen atoms in total. The van der Waals surface area contributed by atoms with Gasteiger partial charge < -0.3 is 19.7 Å². The van der Waals surface area contributed by atoms with Crippen LogP contribution in [0, 0.1) is 0 Å². The number of anilines is 1. The molecule has 1 amide bonds. The Balaban J connectivity index is 1.90. The van der Waals surface area contributed by atoms with Crippen LogP contribution in [0.15, 0.2) is 48.5 Å². The summed E-state index contributed by atoms with van der Waals surface area (Å²) in [6.45, 7) is 8.67. The molecule has 0 saturated heterocycles. The van der Waals surface area contributed by atoms with Gasteiger partial charge in [-0.25, -0.2) is 0 Å². The van der Waals surface area contributed by atoms with Crippen molar-refractivity contribution in [3.8, 4) is 11.5 Å². The number of rotatable bonds is 10. The highest BCUT2D eigenvalue weighted by Gasteiger charge is 2.18. The third-order valence-electron chi connectivity index (χ3n) is 4.53. The highest BCUT2D eigenvalue weighted by Crippen LogP contribution is 2.19. The number of nitrogens with one attached hydrogen (secondary N) is 1. The van der Waals surface area contributed by atoms with E-state index in [0.29, 0.717) is 18.7 Å². The molecule has 0 radical (unpaired) electrons. The van der Waals surface area contributed by atoms with Crippen LogP contribution < -0.4 is 19.7 Å². The first-order valence-electron chi connectivity index (χ1n) is 9.53. The SMILES string of the molecule is CC[C@@H](Oc1ccc(OC)cc1)C(=O)NCc1ccc(N(CC)CC)cc1. The van der Waals surface area contributed by atoms with Gasteiger partial charge in [0.15, 0.2) is 6.10 Å². The van der Waals surface area contributed by atoms with Crippen LogP contribution in [-0.4, -0.2) is 32.2 Å². The molecule has 1 atom stereocenters. The Hall–Kier alpha value is -2.69. The van der Waals surface area contributed by atoms with Crippen molar-refractivity contribution in [2.24, 2.45) is 0 Å². The van der Waals surface area contributed by atoms with Crippen LogP contribution in [0.3, 0.4) is 0 Å². The van der Waals surface area contributed by atoms with E-state index in [9.17, 15) is 4.79 Å². The lowest BCUT2D eigenvalue weighted by Gasteiger charge is -2.21. The maximum atomic E-state index is 12.5. The lowest BCUT2D eigenvalue weighted by atomic mass is 10.2. The molecule has 0 aliphatic carbocycles. The number of hydrogen-bond acceptors (Lipinski definition) is 4. The number of benzene rings is 2. The van der Waals surface area contributed by atoms with Gasteiger partial charge in [-0.1, -0.05) is 19.1 Å². The van der Waals surface area contributed by atoms with Gasteiger partial charge in [0.05, 0.1) is 7.11 Å². The second-order valence-corrected chi connectivity index (χ2v) is 6.25. The van der Waals surface area contributed by atoms with E-state index in [1.165, 1.54) is 5.69 Å². The minimum atomic E-state index is -0.520. The van der Waals surface area contributed by atoms with Gasteiger partial charge in [-0.15, -0.1) is 0 Å². The maximum absolute atomic E-state index is 12.5. The predicted octanol–water partition coefficient (Wildman–Crippen LogP) is 4.02. The third-order valence-corrected chi connectivity index (χ3v) is 4.53. The van der Waals surface area contributed by atoms with Crippen LogP contribution in [0.1, 0.15) is 32.8 Å². The normalized spacial score (nSPS) is 11.6. The Morgan fingerprint density at radius 2 is 1.56 bits per heavy atom. The maximum Gasteiger partial charge on any atom is 0.261 e. The van der Waals surface area contributed by atoms with Crippen molar-refractivity contribution in [3.05, 3.63) is 54.1 Å². The number of carbonyl (C=O) groups excluding carboxylic acids is 1. The highest BCUT2D eigenvalue weighted by molar-refractivity contribution is 5.81. The number of hydrogen-bond donors (Lipinski definition) is 1. The number of methoxy groups -OCH3 is 1. The van der Waals surface area contributed by atoms with E-state index in [1.54, 1.807) is 19.2 Å². The van der Waals surface area contributed by atoms with Crippen LogP contribution in [0.5, 0.6) is 11.5 Å². The molecule has 146 valence electrons. The molecule has 0 aliphatic heterocycles. The molecule has 2 aromatic carbocycles. The largest absolute Gasteiger partial charge is 0.497 e. The first-order chi connectivity index (χ1) is 13.1. The lowest BCUT2D eigenvalue weighted by molar-refractivity contribution is -0.128. The molecule has 0 spiro atoms. The van der Waals surface area contributed by atoms with E-state index in [0.717, 1.165) is 24.4 Å². The summed E-state index contributed by atoms with van der Waals surface area (Å²) in [6.07, 6.45) is 0.0759. The number of carbonyl (C=O) groups is 1. The molecule has 2 aromatic rings. The Morgan fingerprint density at radius 3 is 2.07 bits per heavy atom. The fraction of sp³-hybridized carbons (Fsp3) is 0.409. The van der Waals surface area contributed by atoms with Crippen molar-refractivity contribution in [2.75, 3.05) is 25.1 Å². The van der Waals surface area contributed by atoms with Gasteiger partial charge in [-0.05, 0) is 62.2 Å². The summed E-state index contributed by atoms with van der Waals surface area (Å²) in [4.78, 5) is 14.8. The number of nitrogens with zero attached hydrogens (tertiary/aromatic N) is 1. The summed E-state index contributed by atoms with van der Waals surface area (Å²) < 4.78 is 11.0. The minimum absolute atomic E-state index is 0.110. The van der Waals surface area contributed by atoms with Crippen LogP contribution in [0.2, 0.25) is 0 Å². The molecule has 0 saturated carbocycles. The topological polar surface area (TPSA) is 50.8 Å². The van der Waals surface area contributed by atoms with Gasteiger partial charge in [0.25, 0.3) is 5.91 Å². The van der Waals surface area contributed by atoms with Crippen molar-refractivity contribution in [1.29, 1.82) is 0 Å².